The van der Waals surface area contributed by atoms with Gasteiger partial charge in [-0.05, 0) is 6.42 Å². The SMILES string of the molecule is C=CC(=O)OC(CCC)C(=C)C(N)=O. The lowest BCUT2D eigenvalue weighted by atomic mass is 10.1. The van der Waals surface area contributed by atoms with E-state index in [1.165, 1.54) is 0 Å². The van der Waals surface area contributed by atoms with Crippen molar-refractivity contribution in [3.05, 3.63) is 24.8 Å². The number of carbonyl (C=O) groups excluding carboxylic acids is 2. The van der Waals surface area contributed by atoms with Crippen molar-refractivity contribution in [1.82, 2.24) is 0 Å². The summed E-state index contributed by atoms with van der Waals surface area (Å²) in [5.41, 5.74) is 5.14. The second-order valence-electron chi connectivity index (χ2n) is 2.81. The Morgan fingerprint density at radius 1 is 1.57 bits per heavy atom. The molecule has 0 heterocycles. The largest absolute Gasteiger partial charge is 0.454 e. The molecule has 0 saturated heterocycles. The lowest BCUT2D eigenvalue weighted by molar-refractivity contribution is -0.142. The van der Waals surface area contributed by atoms with Crippen LogP contribution >= 0.6 is 0 Å². The van der Waals surface area contributed by atoms with E-state index in [2.05, 4.69) is 13.2 Å². The highest BCUT2D eigenvalue weighted by Gasteiger charge is 2.19. The second kappa shape index (κ2) is 5.96. The molecule has 1 amide bonds. The summed E-state index contributed by atoms with van der Waals surface area (Å²) in [7, 11) is 0. The van der Waals surface area contributed by atoms with Crippen molar-refractivity contribution in [3.63, 3.8) is 0 Å². The van der Waals surface area contributed by atoms with Crippen molar-refractivity contribution in [2.24, 2.45) is 5.73 Å². The quantitative estimate of drug-likeness (QED) is 0.508. The highest BCUT2D eigenvalue weighted by Crippen LogP contribution is 2.11. The van der Waals surface area contributed by atoms with E-state index in [-0.39, 0.29) is 5.57 Å². The normalized spacial score (nSPS) is 11.5. The molecule has 78 valence electrons. The van der Waals surface area contributed by atoms with Crippen LogP contribution in [0.15, 0.2) is 24.8 Å². The standard InChI is InChI=1S/C10H15NO3/c1-4-6-8(7(3)10(11)13)14-9(12)5-2/h5,8H,2-4,6H2,1H3,(H2,11,13). The Bertz CT molecular complexity index is 258. The summed E-state index contributed by atoms with van der Waals surface area (Å²) in [6, 6.07) is 0. The molecular formula is C10H15NO3. The minimum absolute atomic E-state index is 0.113. The fourth-order valence-electron chi connectivity index (χ4n) is 0.913. The zero-order chi connectivity index (χ0) is 11.1. The number of amides is 1. The number of nitrogens with two attached hydrogens (primary N) is 1. The lowest BCUT2D eigenvalue weighted by Crippen LogP contribution is -2.27. The van der Waals surface area contributed by atoms with Crippen LogP contribution in [0.1, 0.15) is 19.8 Å². The van der Waals surface area contributed by atoms with E-state index in [1.54, 1.807) is 0 Å². The Morgan fingerprint density at radius 3 is 2.50 bits per heavy atom. The maximum atomic E-state index is 10.9. The summed E-state index contributed by atoms with van der Waals surface area (Å²) in [5, 5.41) is 0. The first-order valence-corrected chi connectivity index (χ1v) is 4.34. The molecular weight excluding hydrogens is 182 g/mol. The lowest BCUT2D eigenvalue weighted by Gasteiger charge is -2.16. The van der Waals surface area contributed by atoms with E-state index < -0.39 is 18.0 Å². The predicted octanol–water partition coefficient (Wildman–Crippen LogP) is 0.926. The predicted molar refractivity (Wildman–Crippen MR) is 53.3 cm³/mol. The zero-order valence-corrected chi connectivity index (χ0v) is 8.29. The van der Waals surface area contributed by atoms with E-state index in [1.807, 2.05) is 6.92 Å². The van der Waals surface area contributed by atoms with Crippen molar-refractivity contribution >= 4 is 11.9 Å². The first kappa shape index (κ1) is 12.4. The Hall–Kier alpha value is -1.58. The molecule has 2 N–H and O–H groups in total. The molecule has 0 aromatic carbocycles. The van der Waals surface area contributed by atoms with Crippen molar-refractivity contribution in [2.75, 3.05) is 0 Å². The van der Waals surface area contributed by atoms with Crippen LogP contribution in [-0.2, 0) is 14.3 Å². The van der Waals surface area contributed by atoms with Gasteiger partial charge in [0.05, 0.1) is 0 Å². The van der Waals surface area contributed by atoms with Crippen molar-refractivity contribution < 1.29 is 14.3 Å². The molecule has 4 nitrogen and oxygen atoms in total. The molecule has 1 atom stereocenters. The van der Waals surface area contributed by atoms with Crippen LogP contribution in [0.25, 0.3) is 0 Å². The highest BCUT2D eigenvalue weighted by molar-refractivity contribution is 5.93. The summed E-state index contributed by atoms with van der Waals surface area (Å²) in [4.78, 5) is 21.7. The Morgan fingerprint density at radius 2 is 2.14 bits per heavy atom. The van der Waals surface area contributed by atoms with Crippen LogP contribution in [0.3, 0.4) is 0 Å². The van der Waals surface area contributed by atoms with Crippen LogP contribution in [0.4, 0.5) is 0 Å². The van der Waals surface area contributed by atoms with E-state index in [0.29, 0.717) is 6.42 Å². The molecule has 14 heavy (non-hydrogen) atoms. The van der Waals surface area contributed by atoms with E-state index in [9.17, 15) is 9.59 Å². The van der Waals surface area contributed by atoms with Gasteiger partial charge in [0.2, 0.25) is 5.91 Å². The number of rotatable bonds is 6. The van der Waals surface area contributed by atoms with Gasteiger partial charge in [0.15, 0.2) is 0 Å². The van der Waals surface area contributed by atoms with Gasteiger partial charge < -0.3 is 10.5 Å². The smallest absolute Gasteiger partial charge is 0.330 e. The van der Waals surface area contributed by atoms with Crippen LogP contribution in [0.2, 0.25) is 0 Å². The van der Waals surface area contributed by atoms with Crippen molar-refractivity contribution in [2.45, 2.75) is 25.9 Å². The van der Waals surface area contributed by atoms with Crippen LogP contribution in [-0.4, -0.2) is 18.0 Å². The monoisotopic (exact) mass is 197 g/mol. The number of primary amides is 1. The third-order valence-corrected chi connectivity index (χ3v) is 1.68. The van der Waals surface area contributed by atoms with Gasteiger partial charge in [-0.1, -0.05) is 26.5 Å². The topological polar surface area (TPSA) is 69.4 Å². The molecule has 0 aliphatic heterocycles. The first-order valence-electron chi connectivity index (χ1n) is 4.34. The number of esters is 1. The molecule has 1 unspecified atom stereocenters. The number of carbonyl (C=O) groups is 2. The molecule has 0 fully saturated rings. The first-order chi connectivity index (χ1) is 6.52. The average molecular weight is 197 g/mol. The molecule has 0 bridgehead atoms. The van der Waals surface area contributed by atoms with Gasteiger partial charge in [-0.2, -0.15) is 0 Å². The summed E-state index contributed by atoms with van der Waals surface area (Å²) in [5.74, 6) is -1.23. The summed E-state index contributed by atoms with van der Waals surface area (Å²) in [6.45, 7) is 8.64. The minimum atomic E-state index is -0.652. The molecule has 4 heteroatoms. The van der Waals surface area contributed by atoms with Gasteiger partial charge in [-0.25, -0.2) is 4.79 Å². The highest BCUT2D eigenvalue weighted by atomic mass is 16.5. The van der Waals surface area contributed by atoms with E-state index >= 15 is 0 Å². The third-order valence-electron chi connectivity index (χ3n) is 1.68. The number of hydrogen-bond acceptors (Lipinski definition) is 3. The van der Waals surface area contributed by atoms with Gasteiger partial charge in [0.1, 0.15) is 6.10 Å². The maximum Gasteiger partial charge on any atom is 0.330 e. The van der Waals surface area contributed by atoms with E-state index in [0.717, 1.165) is 12.5 Å². The molecule has 0 rings (SSSR count). The van der Waals surface area contributed by atoms with Gasteiger partial charge in [0, 0.05) is 11.6 Å². The number of hydrogen-bond donors (Lipinski definition) is 1. The van der Waals surface area contributed by atoms with Crippen LogP contribution in [0.5, 0.6) is 0 Å². The average Bonchev–Trinajstić information content (AvgIpc) is 2.15. The molecule has 0 aromatic rings. The third kappa shape index (κ3) is 3.89. The second-order valence-corrected chi connectivity index (χ2v) is 2.81. The van der Waals surface area contributed by atoms with Crippen LogP contribution < -0.4 is 5.73 Å². The molecule has 0 aromatic heterocycles. The van der Waals surface area contributed by atoms with Gasteiger partial charge in [-0.3, -0.25) is 4.79 Å². The van der Waals surface area contributed by atoms with Gasteiger partial charge in [-0.15, -0.1) is 0 Å². The fourth-order valence-corrected chi connectivity index (χ4v) is 0.913. The zero-order valence-electron chi connectivity index (χ0n) is 8.29. The minimum Gasteiger partial charge on any atom is -0.454 e. The Balaban J connectivity index is 4.42. The van der Waals surface area contributed by atoms with Crippen LogP contribution in [0, 0.1) is 0 Å². The molecule has 0 saturated carbocycles. The molecule has 0 spiro atoms. The fraction of sp³-hybridized carbons (Fsp3) is 0.400. The molecule has 0 aliphatic carbocycles. The molecule has 0 aliphatic rings. The van der Waals surface area contributed by atoms with E-state index in [4.69, 9.17) is 10.5 Å². The van der Waals surface area contributed by atoms with Crippen molar-refractivity contribution in [1.29, 1.82) is 0 Å². The Kier molecular flexibility index (Phi) is 5.29. The van der Waals surface area contributed by atoms with Crippen molar-refractivity contribution in [3.8, 4) is 0 Å². The summed E-state index contributed by atoms with van der Waals surface area (Å²) < 4.78 is 4.91. The maximum absolute atomic E-state index is 10.9. The summed E-state index contributed by atoms with van der Waals surface area (Å²) >= 11 is 0. The van der Waals surface area contributed by atoms with Gasteiger partial charge in [0.25, 0.3) is 0 Å². The van der Waals surface area contributed by atoms with Gasteiger partial charge >= 0.3 is 5.97 Å². The summed E-state index contributed by atoms with van der Waals surface area (Å²) in [6.07, 6.45) is 1.70. The number of ether oxygens (including phenoxy) is 1. The Labute approximate surface area is 83.4 Å². The molecule has 0 radical (unpaired) electrons.